The van der Waals surface area contributed by atoms with E-state index >= 15 is 4.21 Å². The lowest BCUT2D eigenvalue weighted by Crippen LogP contribution is -2.38. The molecule has 0 radical (unpaired) electrons. The number of aryl methyl sites for hydroxylation is 1. The van der Waals surface area contributed by atoms with Gasteiger partial charge in [-0.15, -0.1) is 4.36 Å². The first kappa shape index (κ1) is 40.9. The number of methoxy groups -OCH3 is 2. The highest BCUT2D eigenvalue weighted by Crippen LogP contribution is 2.39. The van der Waals surface area contributed by atoms with E-state index in [1.54, 1.807) is 25.3 Å². The number of benzene rings is 2. The van der Waals surface area contributed by atoms with Crippen molar-refractivity contribution in [1.82, 2.24) is 4.72 Å². The number of fused-ring (bicyclic) bond motifs is 1. The van der Waals surface area contributed by atoms with Gasteiger partial charge in [0.1, 0.15) is 16.9 Å². The Labute approximate surface area is 313 Å². The highest BCUT2D eigenvalue weighted by molar-refractivity contribution is 7.92. The van der Waals surface area contributed by atoms with Gasteiger partial charge in [0.15, 0.2) is 15.8 Å². The first-order valence-corrected chi connectivity index (χ1v) is 19.4. The maximum atomic E-state index is 15.0. The molecular weight excluding hydrogens is 706 g/mol. The monoisotopic (exact) mass is 757 g/mol. The van der Waals surface area contributed by atoms with E-state index in [0.717, 1.165) is 31.2 Å². The first-order valence-electron chi connectivity index (χ1n) is 17.5. The highest BCUT2D eigenvalue weighted by atomic mass is 35.5. The van der Waals surface area contributed by atoms with Gasteiger partial charge in [-0.3, -0.25) is 19.3 Å². The van der Waals surface area contributed by atoms with E-state index < -0.39 is 27.3 Å². The fourth-order valence-corrected chi connectivity index (χ4v) is 8.18. The molecule has 2 aliphatic rings. The number of anilines is 1. The molecular formula is C38H52ClN5O7S. The second-order valence-corrected chi connectivity index (χ2v) is 15.7. The fourth-order valence-electron chi connectivity index (χ4n) is 6.38. The number of hydrogen-bond acceptors (Lipinski definition) is 10. The van der Waals surface area contributed by atoms with Gasteiger partial charge < -0.3 is 29.6 Å². The Morgan fingerprint density at radius 3 is 2.67 bits per heavy atom. The molecule has 14 heteroatoms. The number of nitrogens with one attached hydrogen (secondary N) is 1. The molecule has 2 aromatic rings. The van der Waals surface area contributed by atoms with Crippen molar-refractivity contribution in [3.63, 3.8) is 0 Å². The number of carbonyl (C=O) groups excluding carboxylic acids is 2. The molecule has 2 aliphatic heterocycles. The third kappa shape index (κ3) is 9.74. The zero-order valence-electron chi connectivity index (χ0n) is 31.1. The number of ether oxygens (including phenoxy) is 4. The molecule has 0 aliphatic carbocycles. The van der Waals surface area contributed by atoms with Gasteiger partial charge in [-0.2, -0.15) is 0 Å². The normalized spacial score (nSPS) is 25.0. The van der Waals surface area contributed by atoms with Crippen molar-refractivity contribution in [2.75, 3.05) is 52.5 Å². The number of carbonyl (C=O) groups is 2. The standard InChI is InChI=1S/C38H52ClN5O7S/c1-8-11-26-20-28(39)13-15-30(26)27-23-44-18-17-25(9-2)33(48-6)12-10-19-51-38(3,4)37(46)43-52(47,29-14-16-34(50-24-27)32(44)21-29)42-36(45)31(22-41-5)35(40)49-7/h10,12-16,20-22,25,27,33H,8-9,11,17-19,23-24,40H2,1-7H3,(H,42,43,45,46,47)/b12-10+,35-31?,41-22?. The van der Waals surface area contributed by atoms with Crippen LogP contribution >= 0.6 is 11.6 Å². The molecule has 0 aromatic heterocycles. The Morgan fingerprint density at radius 1 is 1.23 bits per heavy atom. The predicted octanol–water partition coefficient (Wildman–Crippen LogP) is 5.97. The summed E-state index contributed by atoms with van der Waals surface area (Å²) >= 11 is 6.44. The van der Waals surface area contributed by atoms with E-state index in [4.69, 9.17) is 36.3 Å². The minimum atomic E-state index is -4.01. The Hall–Kier alpha value is -3.91. The number of aliphatic imine (C=N–C) groups is 1. The zero-order valence-corrected chi connectivity index (χ0v) is 32.7. The van der Waals surface area contributed by atoms with Crippen molar-refractivity contribution in [1.29, 1.82) is 0 Å². The molecule has 0 saturated heterocycles. The van der Waals surface area contributed by atoms with Gasteiger partial charge in [-0.25, -0.2) is 4.21 Å². The third-order valence-electron chi connectivity index (χ3n) is 9.38. The average molecular weight is 758 g/mol. The molecule has 3 N–H and O–H groups in total. The Bertz CT molecular complexity index is 1820. The van der Waals surface area contributed by atoms with E-state index in [1.165, 1.54) is 39.8 Å². The lowest BCUT2D eigenvalue weighted by molar-refractivity contribution is -0.137. The van der Waals surface area contributed by atoms with Crippen molar-refractivity contribution in [3.05, 3.63) is 76.2 Å². The molecule has 0 saturated carbocycles. The number of rotatable bonds is 9. The number of halogens is 1. The summed E-state index contributed by atoms with van der Waals surface area (Å²) < 4.78 is 45.1. The van der Waals surface area contributed by atoms with Crippen LogP contribution in [-0.2, 0) is 40.1 Å². The van der Waals surface area contributed by atoms with Crippen molar-refractivity contribution < 1.29 is 32.7 Å². The van der Waals surface area contributed by atoms with Gasteiger partial charge in [0.2, 0.25) is 0 Å². The highest BCUT2D eigenvalue weighted by Gasteiger charge is 2.34. The van der Waals surface area contributed by atoms with Crippen LogP contribution < -0.4 is 20.1 Å². The van der Waals surface area contributed by atoms with E-state index in [0.29, 0.717) is 36.2 Å². The number of nitrogens with zero attached hydrogens (tertiary/aromatic N) is 3. The molecule has 4 atom stereocenters. The van der Waals surface area contributed by atoms with Crippen LogP contribution in [0.4, 0.5) is 5.69 Å². The minimum absolute atomic E-state index is 0.0234. The second kappa shape index (κ2) is 18.2. The largest absolute Gasteiger partial charge is 0.491 e. The van der Waals surface area contributed by atoms with Gasteiger partial charge in [0.25, 0.3) is 11.8 Å². The molecule has 0 fully saturated rings. The molecule has 2 heterocycles. The minimum Gasteiger partial charge on any atom is -0.491 e. The average Bonchev–Trinajstić information content (AvgIpc) is 3.30. The van der Waals surface area contributed by atoms with Crippen LogP contribution in [0.15, 0.2) is 74.3 Å². The smallest absolute Gasteiger partial charge is 0.287 e. The van der Waals surface area contributed by atoms with Crippen LogP contribution in [0.5, 0.6) is 5.75 Å². The molecule has 52 heavy (non-hydrogen) atoms. The van der Waals surface area contributed by atoms with Gasteiger partial charge in [-0.1, -0.05) is 56.5 Å². The van der Waals surface area contributed by atoms with Crippen LogP contribution in [0.25, 0.3) is 0 Å². The quantitative estimate of drug-likeness (QED) is 0.136. The summed E-state index contributed by atoms with van der Waals surface area (Å²) in [7, 11) is 0.420. The Kier molecular flexibility index (Phi) is 14.3. The van der Waals surface area contributed by atoms with Gasteiger partial charge in [0, 0.05) is 44.4 Å². The summed E-state index contributed by atoms with van der Waals surface area (Å²) in [6, 6.07) is 10.9. The summed E-state index contributed by atoms with van der Waals surface area (Å²) in [4.78, 5) is 33.6. The molecule has 0 spiro atoms. The van der Waals surface area contributed by atoms with Crippen molar-refractivity contribution in [2.24, 2.45) is 21.0 Å². The third-order valence-corrected chi connectivity index (χ3v) is 11.4. The summed E-state index contributed by atoms with van der Waals surface area (Å²) in [5, 5.41) is 0.684. The second-order valence-electron chi connectivity index (χ2n) is 13.3. The lowest BCUT2D eigenvalue weighted by atomic mass is 9.91. The van der Waals surface area contributed by atoms with Crippen LogP contribution in [0.2, 0.25) is 5.02 Å². The van der Waals surface area contributed by atoms with Crippen LogP contribution in [-0.4, -0.2) is 81.5 Å². The van der Waals surface area contributed by atoms with Crippen molar-refractivity contribution in [3.8, 4) is 5.75 Å². The summed E-state index contributed by atoms with van der Waals surface area (Å²) in [6.07, 6.45) is 8.21. The van der Waals surface area contributed by atoms with Crippen LogP contribution in [0, 0.1) is 5.92 Å². The molecule has 4 unspecified atom stereocenters. The Balaban J connectivity index is 1.93. The molecule has 4 rings (SSSR count). The zero-order chi connectivity index (χ0) is 38.1. The summed E-state index contributed by atoms with van der Waals surface area (Å²) in [6.45, 7) is 9.00. The number of nitrogens with two attached hydrogens (primary N) is 1. The summed E-state index contributed by atoms with van der Waals surface area (Å²) in [5.41, 5.74) is 7.25. The van der Waals surface area contributed by atoms with Crippen LogP contribution in [0.1, 0.15) is 64.0 Å². The van der Waals surface area contributed by atoms with Gasteiger partial charge in [-0.05, 0) is 74.1 Å². The fraction of sp³-hybridized carbons (Fsp3) is 0.500. The lowest BCUT2D eigenvalue weighted by Gasteiger charge is -2.31. The van der Waals surface area contributed by atoms with Gasteiger partial charge in [0.05, 0.1) is 37.0 Å². The molecule has 2 bridgehead atoms. The SMILES string of the molecule is CCCc1cc(Cl)ccc1C1COc2ccc3cc2N(CCC(CC)C(OC)/C=C/COC(C)(C)C(=O)N=S3(=O)NC(=O)C(C=NC)=C(N)OC)C1. The van der Waals surface area contributed by atoms with E-state index in [9.17, 15) is 9.59 Å². The van der Waals surface area contributed by atoms with Gasteiger partial charge >= 0.3 is 0 Å². The number of hydrogen-bond donors (Lipinski definition) is 2. The molecule has 12 nitrogen and oxygen atoms in total. The van der Waals surface area contributed by atoms with Crippen molar-refractivity contribution in [2.45, 2.75) is 75.9 Å². The molecule has 2 amide bonds. The van der Waals surface area contributed by atoms with Crippen LogP contribution in [0.3, 0.4) is 0 Å². The first-order chi connectivity index (χ1) is 24.8. The maximum Gasteiger partial charge on any atom is 0.287 e. The maximum absolute atomic E-state index is 15.0. The predicted molar refractivity (Wildman–Crippen MR) is 205 cm³/mol. The number of amides is 2. The summed E-state index contributed by atoms with van der Waals surface area (Å²) in [5.74, 6) is -1.28. The van der Waals surface area contributed by atoms with Crippen molar-refractivity contribution >= 4 is 45.2 Å². The van der Waals surface area contributed by atoms with E-state index in [2.05, 4.69) is 38.9 Å². The van der Waals surface area contributed by atoms with E-state index in [1.807, 2.05) is 24.3 Å². The van der Waals surface area contributed by atoms with E-state index in [-0.39, 0.29) is 40.9 Å². The Morgan fingerprint density at radius 2 is 2.00 bits per heavy atom. The molecule has 2 aromatic carbocycles. The molecule has 284 valence electrons. The topological polar surface area (TPSA) is 154 Å².